The standard InChI is InChI=1S/C5H3F9.2C5H3F5O2.C5H8O2.F2.FH3P2/c1-2(6,7)3(8,9)4(10,11)5(12,13)14;2*1-3(6)5(9,10)4(7,8)2(11)12-3;1-4-2-3-5(6)7-4;1-2;1-3-2/h1H3;2*1H3;4H,2-3H2,1H3;;3H,2H2. The number of hydrogen-bond acceptors (Lipinski definition) is 6. The van der Waals surface area contributed by atoms with Crippen molar-refractivity contribution in [3.63, 3.8) is 0 Å². The van der Waals surface area contributed by atoms with E-state index in [4.69, 9.17) is 13.9 Å². The number of cyclic esters (lactones) is 3. The van der Waals surface area contributed by atoms with Gasteiger partial charge in [-0.15, -0.1) is 0 Å². The van der Waals surface area contributed by atoms with E-state index in [0.717, 1.165) is 6.42 Å². The molecule has 0 bridgehead atoms. The van der Waals surface area contributed by atoms with Crippen LogP contribution in [-0.4, -0.2) is 83.4 Å². The summed E-state index contributed by atoms with van der Waals surface area (Å²) in [4.78, 5) is 30.3. The molecule has 0 spiro atoms. The van der Waals surface area contributed by atoms with Gasteiger partial charge < -0.3 is 14.2 Å². The molecule has 30 heteroatoms. The van der Waals surface area contributed by atoms with Crippen LogP contribution in [0.25, 0.3) is 0 Å². The van der Waals surface area contributed by atoms with Crippen LogP contribution in [0.3, 0.4) is 0 Å². The number of carbonyl (C=O) groups is 3. The van der Waals surface area contributed by atoms with Gasteiger partial charge >= 0.3 is 77.3 Å². The molecular formula is C20H20F22O6P2. The Labute approximate surface area is 267 Å². The van der Waals surface area contributed by atoms with Crippen LogP contribution in [0.1, 0.15) is 40.5 Å². The Bertz CT molecular complexity index is 1060. The molecule has 0 aromatic rings. The average molecular weight is 836 g/mol. The second kappa shape index (κ2) is 17.0. The van der Waals surface area contributed by atoms with Crippen LogP contribution >= 0.6 is 17.5 Å². The number of carbonyl (C=O) groups excluding carboxylic acids is 3. The lowest BCUT2D eigenvalue weighted by Gasteiger charge is -2.31. The molecule has 5 unspecified atom stereocenters. The molecular weight excluding hydrogens is 816 g/mol. The number of alkyl halides is 19. The third kappa shape index (κ3) is 10.9. The molecule has 3 rings (SSSR count). The van der Waals surface area contributed by atoms with Crippen molar-refractivity contribution in [3.8, 4) is 0 Å². The molecule has 0 aliphatic carbocycles. The number of esters is 3. The molecule has 300 valence electrons. The lowest BCUT2D eigenvalue weighted by atomic mass is 10.1. The van der Waals surface area contributed by atoms with Gasteiger partial charge in [0.1, 0.15) is 0 Å². The summed E-state index contributed by atoms with van der Waals surface area (Å²) in [5.41, 5.74) is 0. The fourth-order valence-corrected chi connectivity index (χ4v) is 2.54. The normalized spacial score (nSPS) is 27.7. The molecule has 0 saturated carbocycles. The molecule has 3 saturated heterocycles. The first kappa shape index (κ1) is 52.1. The third-order valence-corrected chi connectivity index (χ3v) is 5.38. The van der Waals surface area contributed by atoms with E-state index < -0.39 is 86.8 Å². The monoisotopic (exact) mass is 836 g/mol. The van der Waals surface area contributed by atoms with Gasteiger partial charge in [-0.05, 0) is 13.3 Å². The van der Waals surface area contributed by atoms with Gasteiger partial charge in [0.25, 0.3) is 0 Å². The highest BCUT2D eigenvalue weighted by Gasteiger charge is 2.82. The van der Waals surface area contributed by atoms with Crippen LogP contribution in [0, 0.1) is 0 Å². The summed E-state index contributed by atoms with van der Waals surface area (Å²) in [5, 5.41) is 0. The highest BCUT2D eigenvalue weighted by atomic mass is 32.0. The van der Waals surface area contributed by atoms with Crippen LogP contribution in [0.2, 0.25) is 0 Å². The Morgan fingerprint density at radius 2 is 0.960 bits per heavy atom. The van der Waals surface area contributed by atoms with Crippen molar-refractivity contribution in [2.45, 2.75) is 106 Å². The summed E-state index contributed by atoms with van der Waals surface area (Å²) >= 11 is 0. The van der Waals surface area contributed by atoms with Crippen LogP contribution in [0.5, 0.6) is 0 Å². The molecule has 3 aliphatic rings. The summed E-state index contributed by atoms with van der Waals surface area (Å²) in [7, 11) is 1.44. The predicted octanol–water partition coefficient (Wildman–Crippen LogP) is 9.37. The summed E-state index contributed by atoms with van der Waals surface area (Å²) in [6.45, 7) is 1.34. The van der Waals surface area contributed by atoms with Gasteiger partial charge in [-0.3, -0.25) is 4.79 Å². The van der Waals surface area contributed by atoms with E-state index in [1.807, 2.05) is 15.9 Å². The minimum atomic E-state index is -6.77. The molecule has 0 N–H and O–H groups in total. The van der Waals surface area contributed by atoms with Crippen LogP contribution in [0.4, 0.5) is 96.8 Å². The maximum atomic E-state index is 12.5. The maximum Gasteiger partial charge on any atom is 0.460 e. The largest absolute Gasteiger partial charge is 0.463 e. The van der Waals surface area contributed by atoms with Crippen molar-refractivity contribution in [1.29, 1.82) is 0 Å². The minimum Gasteiger partial charge on any atom is -0.463 e. The van der Waals surface area contributed by atoms with Crippen molar-refractivity contribution < 1.29 is 125 Å². The number of halogens is 22. The minimum absolute atomic E-state index is 0.0486. The third-order valence-electron chi connectivity index (χ3n) is 5.38. The van der Waals surface area contributed by atoms with Crippen molar-refractivity contribution in [3.05, 3.63) is 0 Å². The zero-order chi connectivity index (χ0) is 41.6. The van der Waals surface area contributed by atoms with E-state index in [1.165, 1.54) is 0 Å². The van der Waals surface area contributed by atoms with Gasteiger partial charge in [0.2, 0.25) is 0 Å². The van der Waals surface area contributed by atoms with Gasteiger partial charge in [-0.25, -0.2) is 13.8 Å². The predicted molar refractivity (Wildman–Crippen MR) is 124 cm³/mol. The molecule has 3 aliphatic heterocycles. The highest BCUT2D eigenvalue weighted by molar-refractivity contribution is 8.00. The van der Waals surface area contributed by atoms with Crippen molar-refractivity contribution in [1.82, 2.24) is 0 Å². The Morgan fingerprint density at radius 1 is 0.680 bits per heavy atom. The van der Waals surface area contributed by atoms with E-state index >= 15 is 0 Å². The topological polar surface area (TPSA) is 78.9 Å². The zero-order valence-electron chi connectivity index (χ0n) is 24.3. The van der Waals surface area contributed by atoms with Gasteiger partial charge in [-0.2, -0.15) is 83.4 Å². The molecule has 3 heterocycles. The van der Waals surface area contributed by atoms with Crippen molar-refractivity contribution >= 4 is 35.4 Å². The molecule has 0 amide bonds. The van der Waals surface area contributed by atoms with Crippen LogP contribution in [-0.2, 0) is 28.6 Å². The molecule has 50 heavy (non-hydrogen) atoms. The van der Waals surface area contributed by atoms with Crippen molar-refractivity contribution in [2.24, 2.45) is 0 Å². The maximum absolute atomic E-state index is 12.5. The summed E-state index contributed by atoms with van der Waals surface area (Å²) in [6, 6.07) is 0. The first-order chi connectivity index (χ1) is 21.7. The SMILES string of the molecule is CC(F)(F)C(F)(F)C(F)(F)C(F)(F)F.CC1(F)OC(=O)C(F)(F)C1(F)F.CC1(F)OC(=O)C(F)(F)C1(F)F.CC1CCC(=O)O1.FF.FPP. The molecule has 0 aromatic carbocycles. The van der Waals surface area contributed by atoms with Crippen molar-refractivity contribution in [2.75, 3.05) is 0 Å². The van der Waals surface area contributed by atoms with E-state index in [1.54, 1.807) is 0 Å². The molecule has 5 atom stereocenters. The second-order valence-corrected chi connectivity index (χ2v) is 10.3. The Morgan fingerprint density at radius 3 is 1.02 bits per heavy atom. The second-order valence-electron chi connectivity index (χ2n) is 9.39. The summed E-state index contributed by atoms with van der Waals surface area (Å²) in [6.07, 6.45) is -5.04. The fraction of sp³-hybridized carbons (Fsp3) is 0.850. The first-order valence-electron chi connectivity index (χ1n) is 11.7. The fourth-order valence-electron chi connectivity index (χ4n) is 2.54. The van der Waals surface area contributed by atoms with E-state index in [2.05, 4.69) is 9.47 Å². The molecule has 0 aromatic heterocycles. The highest BCUT2D eigenvalue weighted by Crippen LogP contribution is 2.54. The molecule has 3 fully saturated rings. The molecule has 0 radical (unpaired) electrons. The number of rotatable bonds is 2. The van der Waals surface area contributed by atoms with Crippen LogP contribution in [0.15, 0.2) is 0 Å². The van der Waals surface area contributed by atoms with Gasteiger partial charge in [0.05, 0.1) is 14.7 Å². The Hall–Kier alpha value is -2.27. The van der Waals surface area contributed by atoms with Crippen LogP contribution < -0.4 is 0 Å². The van der Waals surface area contributed by atoms with E-state index in [9.17, 15) is 102 Å². The van der Waals surface area contributed by atoms with Gasteiger partial charge in [0, 0.05) is 36.3 Å². The average Bonchev–Trinajstić information content (AvgIpc) is 3.38. The molecule has 6 nitrogen and oxygen atoms in total. The first-order valence-corrected chi connectivity index (χ1v) is 14.4. The Balaban J connectivity index is -0.000000573. The van der Waals surface area contributed by atoms with Gasteiger partial charge in [0.15, 0.2) is 0 Å². The van der Waals surface area contributed by atoms with E-state index in [0.29, 0.717) is 6.42 Å². The summed E-state index contributed by atoms with van der Waals surface area (Å²) < 4.78 is 265. The van der Waals surface area contributed by atoms with E-state index in [-0.39, 0.29) is 25.9 Å². The lowest BCUT2D eigenvalue weighted by Crippen LogP contribution is -2.59. The Kier molecular flexibility index (Phi) is 17.8. The zero-order valence-corrected chi connectivity index (χ0v) is 26.5. The number of ether oxygens (including phenoxy) is 3. The smallest absolute Gasteiger partial charge is 0.460 e. The quantitative estimate of drug-likeness (QED) is 0.120. The lowest BCUT2D eigenvalue weighted by molar-refractivity contribution is -0.393. The summed E-state index contributed by atoms with van der Waals surface area (Å²) in [5.74, 6) is -52.1. The van der Waals surface area contributed by atoms with Gasteiger partial charge in [-0.1, -0.05) is 8.93 Å². The number of hydrogen-bond donors (Lipinski definition) is 0.